The van der Waals surface area contributed by atoms with E-state index in [4.69, 9.17) is 0 Å². The molecule has 21 heavy (non-hydrogen) atoms. The zero-order valence-corrected chi connectivity index (χ0v) is 16.3. The van der Waals surface area contributed by atoms with E-state index in [1.165, 1.54) is 49.0 Å². The Hall–Kier alpha value is 0.680. The van der Waals surface area contributed by atoms with Gasteiger partial charge in [-0.25, -0.2) is 0 Å². The van der Waals surface area contributed by atoms with Crippen LogP contribution in [0.4, 0.5) is 0 Å². The smallest absolute Gasteiger partial charge is 0.0701 e. The molecule has 1 aromatic heterocycles. The molecular weight excluding hydrogens is 391 g/mol. The number of halogens is 3. The minimum absolute atomic E-state index is 0. The van der Waals surface area contributed by atoms with Gasteiger partial charge in [-0.05, 0) is 46.8 Å². The minimum atomic E-state index is 0. The van der Waals surface area contributed by atoms with E-state index in [0.717, 1.165) is 19.0 Å². The number of thiophene rings is 1. The molecule has 0 unspecified atom stereocenters. The number of hydrogen-bond donors (Lipinski definition) is 1. The molecule has 1 aliphatic heterocycles. The summed E-state index contributed by atoms with van der Waals surface area (Å²) in [6, 6.07) is 5.23. The Bertz CT molecular complexity index is 386. The van der Waals surface area contributed by atoms with Crippen LogP contribution in [0.25, 0.3) is 0 Å². The number of rotatable bonds is 3. The van der Waals surface area contributed by atoms with Crippen molar-refractivity contribution in [3.8, 4) is 0 Å². The average molecular weight is 416 g/mol. The molecule has 3 rings (SSSR count). The third kappa shape index (κ3) is 5.08. The van der Waals surface area contributed by atoms with E-state index in [2.05, 4.69) is 38.3 Å². The standard InChI is InChI=1S/C15H23BrN2S.2ClH/c16-14-7-6-13(19-14)15(12-4-2-1-3-5-12)18-10-8-17-9-11-18;;/h6-7,12,15,17H,1-5,8-11H2;2*1H/t15-;;/m0../s1. The zero-order chi connectivity index (χ0) is 13.1. The van der Waals surface area contributed by atoms with Gasteiger partial charge in [0.15, 0.2) is 0 Å². The van der Waals surface area contributed by atoms with Gasteiger partial charge in [-0.1, -0.05) is 19.3 Å². The van der Waals surface area contributed by atoms with Gasteiger partial charge >= 0.3 is 0 Å². The van der Waals surface area contributed by atoms with Crippen LogP contribution in [0.3, 0.4) is 0 Å². The molecule has 0 amide bonds. The molecule has 1 aliphatic carbocycles. The summed E-state index contributed by atoms with van der Waals surface area (Å²) in [5.74, 6) is 0.873. The predicted molar refractivity (Wildman–Crippen MR) is 100 cm³/mol. The van der Waals surface area contributed by atoms with Crippen molar-refractivity contribution >= 4 is 52.1 Å². The maximum Gasteiger partial charge on any atom is 0.0701 e. The Kier molecular flexibility index (Phi) is 9.15. The summed E-state index contributed by atoms with van der Waals surface area (Å²) in [6.07, 6.45) is 7.15. The molecule has 0 radical (unpaired) electrons. The summed E-state index contributed by atoms with van der Waals surface area (Å²) in [7, 11) is 0. The lowest BCUT2D eigenvalue weighted by atomic mass is 9.82. The second kappa shape index (κ2) is 9.74. The molecule has 1 saturated carbocycles. The summed E-state index contributed by atoms with van der Waals surface area (Å²) in [6.45, 7) is 4.71. The first-order chi connectivity index (χ1) is 9.34. The maximum absolute atomic E-state index is 3.64. The number of hydrogen-bond acceptors (Lipinski definition) is 3. The summed E-state index contributed by atoms with van der Waals surface area (Å²) in [5, 5.41) is 3.48. The molecule has 1 atom stereocenters. The van der Waals surface area contributed by atoms with E-state index < -0.39 is 0 Å². The molecule has 1 N–H and O–H groups in total. The molecule has 0 bridgehead atoms. The molecule has 6 heteroatoms. The molecule has 0 aromatic carbocycles. The van der Waals surface area contributed by atoms with E-state index in [1.54, 1.807) is 4.88 Å². The zero-order valence-electron chi connectivity index (χ0n) is 12.2. The van der Waals surface area contributed by atoms with Crippen molar-refractivity contribution in [3.05, 3.63) is 20.8 Å². The van der Waals surface area contributed by atoms with Crippen LogP contribution in [0.2, 0.25) is 0 Å². The minimum Gasteiger partial charge on any atom is -0.314 e. The van der Waals surface area contributed by atoms with Gasteiger partial charge in [-0.15, -0.1) is 36.2 Å². The van der Waals surface area contributed by atoms with E-state index in [0.29, 0.717) is 6.04 Å². The Balaban J connectivity index is 0.00000110. The Morgan fingerprint density at radius 1 is 1.10 bits per heavy atom. The molecule has 1 aromatic rings. The van der Waals surface area contributed by atoms with E-state index in [1.807, 2.05) is 11.3 Å². The number of nitrogens with one attached hydrogen (secondary N) is 1. The van der Waals surface area contributed by atoms with Crippen molar-refractivity contribution in [2.45, 2.75) is 38.1 Å². The van der Waals surface area contributed by atoms with Crippen molar-refractivity contribution in [1.82, 2.24) is 10.2 Å². The van der Waals surface area contributed by atoms with Crippen molar-refractivity contribution in [2.24, 2.45) is 5.92 Å². The van der Waals surface area contributed by atoms with Gasteiger partial charge in [0, 0.05) is 37.1 Å². The molecular formula is C15H25BrCl2N2S. The van der Waals surface area contributed by atoms with Gasteiger partial charge in [0.05, 0.1) is 3.79 Å². The Morgan fingerprint density at radius 3 is 2.33 bits per heavy atom. The van der Waals surface area contributed by atoms with Gasteiger partial charge < -0.3 is 5.32 Å². The van der Waals surface area contributed by atoms with E-state index in [9.17, 15) is 0 Å². The largest absolute Gasteiger partial charge is 0.314 e. The van der Waals surface area contributed by atoms with Crippen LogP contribution in [-0.2, 0) is 0 Å². The summed E-state index contributed by atoms with van der Waals surface area (Å²) in [5.41, 5.74) is 0. The molecule has 2 fully saturated rings. The highest BCUT2D eigenvalue weighted by Gasteiger charge is 2.31. The number of piperazine rings is 1. The lowest BCUT2D eigenvalue weighted by Crippen LogP contribution is -2.47. The van der Waals surface area contributed by atoms with E-state index >= 15 is 0 Å². The summed E-state index contributed by atoms with van der Waals surface area (Å²) >= 11 is 5.57. The monoisotopic (exact) mass is 414 g/mol. The fourth-order valence-corrected chi connectivity index (χ4v) is 5.26. The Labute approximate surface area is 153 Å². The van der Waals surface area contributed by atoms with E-state index in [-0.39, 0.29) is 24.8 Å². The van der Waals surface area contributed by atoms with Gasteiger partial charge in [0.25, 0.3) is 0 Å². The third-order valence-corrected chi connectivity index (χ3v) is 6.22. The van der Waals surface area contributed by atoms with Crippen LogP contribution in [-0.4, -0.2) is 31.1 Å². The van der Waals surface area contributed by atoms with Crippen molar-refractivity contribution in [2.75, 3.05) is 26.2 Å². The normalized spacial score (nSPS) is 22.1. The van der Waals surface area contributed by atoms with Crippen LogP contribution >= 0.6 is 52.1 Å². The first kappa shape index (κ1) is 19.7. The molecule has 2 heterocycles. The molecule has 2 nitrogen and oxygen atoms in total. The average Bonchev–Trinajstić information content (AvgIpc) is 2.88. The second-order valence-electron chi connectivity index (χ2n) is 5.77. The van der Waals surface area contributed by atoms with Crippen molar-refractivity contribution in [1.29, 1.82) is 0 Å². The molecule has 2 aliphatic rings. The highest BCUT2D eigenvalue weighted by Crippen LogP contribution is 2.41. The SMILES string of the molecule is Brc1ccc([C@H](C2CCCCC2)N2CCNCC2)s1.Cl.Cl. The van der Waals surface area contributed by atoms with Crippen LogP contribution < -0.4 is 5.32 Å². The highest BCUT2D eigenvalue weighted by molar-refractivity contribution is 9.11. The molecule has 0 spiro atoms. The van der Waals surface area contributed by atoms with Crippen molar-refractivity contribution < 1.29 is 0 Å². The van der Waals surface area contributed by atoms with Crippen molar-refractivity contribution in [3.63, 3.8) is 0 Å². The van der Waals surface area contributed by atoms with Gasteiger partial charge in [0.1, 0.15) is 0 Å². The Morgan fingerprint density at radius 2 is 1.76 bits per heavy atom. The van der Waals surface area contributed by atoms with Crippen LogP contribution in [0, 0.1) is 5.92 Å². The van der Waals surface area contributed by atoms with Crippen LogP contribution in [0.1, 0.15) is 43.0 Å². The summed E-state index contributed by atoms with van der Waals surface area (Å²) < 4.78 is 1.28. The molecule has 122 valence electrons. The lowest BCUT2D eigenvalue weighted by molar-refractivity contribution is 0.106. The fourth-order valence-electron chi connectivity index (χ4n) is 3.61. The first-order valence-corrected chi connectivity index (χ1v) is 9.15. The van der Waals surface area contributed by atoms with Gasteiger partial charge in [-0.2, -0.15) is 0 Å². The number of nitrogens with zero attached hydrogens (tertiary/aromatic N) is 1. The second-order valence-corrected chi connectivity index (χ2v) is 8.27. The quantitative estimate of drug-likeness (QED) is 0.756. The van der Waals surface area contributed by atoms with Crippen LogP contribution in [0.15, 0.2) is 15.9 Å². The lowest BCUT2D eigenvalue weighted by Gasteiger charge is -2.40. The fraction of sp³-hybridized carbons (Fsp3) is 0.733. The summed E-state index contributed by atoms with van der Waals surface area (Å²) in [4.78, 5) is 4.30. The highest BCUT2D eigenvalue weighted by atomic mass is 79.9. The topological polar surface area (TPSA) is 15.3 Å². The van der Waals surface area contributed by atoms with Gasteiger partial charge in [-0.3, -0.25) is 4.90 Å². The molecule has 1 saturated heterocycles. The maximum atomic E-state index is 3.64. The van der Waals surface area contributed by atoms with Crippen LogP contribution in [0.5, 0.6) is 0 Å². The van der Waals surface area contributed by atoms with Gasteiger partial charge in [0.2, 0.25) is 0 Å². The predicted octanol–water partition coefficient (Wildman–Crippen LogP) is 4.88. The first-order valence-electron chi connectivity index (χ1n) is 7.54. The third-order valence-electron chi connectivity index (χ3n) is 4.53.